The molecule has 0 saturated carbocycles. The zero-order valence-electron chi connectivity index (χ0n) is 12.7. The van der Waals surface area contributed by atoms with Gasteiger partial charge in [0.25, 0.3) is 0 Å². The average Bonchev–Trinajstić information content (AvgIpc) is 2.54. The van der Waals surface area contributed by atoms with Gasteiger partial charge in [-0.15, -0.1) is 0 Å². The fraction of sp³-hybridized carbons (Fsp3) is 0.353. The van der Waals surface area contributed by atoms with E-state index < -0.39 is 0 Å². The molecule has 0 unspecified atom stereocenters. The van der Waals surface area contributed by atoms with E-state index in [0.717, 1.165) is 43.4 Å². The summed E-state index contributed by atoms with van der Waals surface area (Å²) in [5.41, 5.74) is 0.973. The molecule has 0 bridgehead atoms. The van der Waals surface area contributed by atoms with Gasteiger partial charge >= 0.3 is 0 Å². The number of hydrogen-bond acceptors (Lipinski definition) is 4. The molecule has 0 radical (unpaired) electrons. The Hall–Kier alpha value is -2.07. The third kappa shape index (κ3) is 4.76. The smallest absolute Gasteiger partial charge is 0.168 e. The first kappa shape index (κ1) is 15.3. The molecule has 112 valence electrons. The van der Waals surface area contributed by atoms with Gasteiger partial charge in [-0.05, 0) is 31.3 Å². The molecule has 1 aromatic carbocycles. The second-order valence-electron chi connectivity index (χ2n) is 4.74. The fourth-order valence-electron chi connectivity index (χ4n) is 2.11. The molecule has 2 rings (SSSR count). The summed E-state index contributed by atoms with van der Waals surface area (Å²) < 4.78 is 5.88. The van der Waals surface area contributed by atoms with Crippen LogP contribution in [-0.2, 0) is 0 Å². The minimum Gasteiger partial charge on any atom is -0.454 e. The molecule has 4 heteroatoms. The maximum Gasteiger partial charge on any atom is 0.168 e. The minimum absolute atomic E-state index is 0.753. The largest absolute Gasteiger partial charge is 0.454 e. The second kappa shape index (κ2) is 8.27. The van der Waals surface area contributed by atoms with E-state index in [0.29, 0.717) is 0 Å². The highest BCUT2D eigenvalue weighted by atomic mass is 16.5. The van der Waals surface area contributed by atoms with E-state index in [-0.39, 0.29) is 0 Å². The Kier molecular flexibility index (Phi) is 6.03. The molecule has 0 saturated heterocycles. The summed E-state index contributed by atoms with van der Waals surface area (Å²) in [7, 11) is 0. The van der Waals surface area contributed by atoms with E-state index in [1.807, 2.05) is 36.4 Å². The molecular formula is C17H23N3O. The van der Waals surface area contributed by atoms with Crippen molar-refractivity contribution in [2.45, 2.75) is 13.8 Å². The van der Waals surface area contributed by atoms with Crippen LogP contribution in [0.15, 0.2) is 48.8 Å². The summed E-state index contributed by atoms with van der Waals surface area (Å²) >= 11 is 0. The molecule has 0 fully saturated rings. The van der Waals surface area contributed by atoms with Crippen LogP contribution in [0, 0.1) is 0 Å². The lowest BCUT2D eigenvalue weighted by atomic mass is 10.3. The van der Waals surface area contributed by atoms with Crippen LogP contribution in [0.4, 0.5) is 5.69 Å². The van der Waals surface area contributed by atoms with Crippen LogP contribution in [0.2, 0.25) is 0 Å². The minimum atomic E-state index is 0.753. The summed E-state index contributed by atoms with van der Waals surface area (Å²) in [4.78, 5) is 6.52. The Labute approximate surface area is 126 Å². The number of aromatic nitrogens is 1. The lowest BCUT2D eigenvalue weighted by molar-refractivity contribution is 0.316. The van der Waals surface area contributed by atoms with E-state index in [2.05, 4.69) is 29.0 Å². The van der Waals surface area contributed by atoms with Gasteiger partial charge in [-0.25, -0.2) is 0 Å². The van der Waals surface area contributed by atoms with Crippen molar-refractivity contribution in [2.24, 2.45) is 0 Å². The molecule has 4 nitrogen and oxygen atoms in total. The summed E-state index contributed by atoms with van der Waals surface area (Å²) in [6.45, 7) is 8.40. The fourth-order valence-corrected chi connectivity index (χ4v) is 2.11. The van der Waals surface area contributed by atoms with Gasteiger partial charge in [-0.2, -0.15) is 0 Å². The Bertz CT molecular complexity index is 527. The Morgan fingerprint density at radius 2 is 1.86 bits per heavy atom. The van der Waals surface area contributed by atoms with Gasteiger partial charge in [0.2, 0.25) is 0 Å². The third-order valence-electron chi connectivity index (χ3n) is 3.39. The summed E-state index contributed by atoms with van der Waals surface area (Å²) in [6.07, 6.45) is 3.52. The van der Waals surface area contributed by atoms with Gasteiger partial charge in [0.05, 0.1) is 11.9 Å². The Morgan fingerprint density at radius 3 is 2.57 bits per heavy atom. The van der Waals surface area contributed by atoms with Gasteiger partial charge in [0.1, 0.15) is 5.75 Å². The molecule has 0 aliphatic heterocycles. The molecule has 1 heterocycles. The van der Waals surface area contributed by atoms with Crippen molar-refractivity contribution in [3.05, 3.63) is 48.8 Å². The van der Waals surface area contributed by atoms with E-state index in [1.165, 1.54) is 0 Å². The van der Waals surface area contributed by atoms with Crippen molar-refractivity contribution in [3.8, 4) is 11.5 Å². The molecule has 0 amide bonds. The molecule has 0 aliphatic rings. The number of para-hydroxylation sites is 1. The van der Waals surface area contributed by atoms with Gasteiger partial charge < -0.3 is 15.0 Å². The van der Waals surface area contributed by atoms with Gasteiger partial charge in [0.15, 0.2) is 5.75 Å². The van der Waals surface area contributed by atoms with Crippen LogP contribution >= 0.6 is 0 Å². The van der Waals surface area contributed by atoms with Gasteiger partial charge in [-0.3, -0.25) is 4.98 Å². The summed E-state index contributed by atoms with van der Waals surface area (Å²) in [5, 5.41) is 3.43. The van der Waals surface area contributed by atoms with Crippen molar-refractivity contribution in [3.63, 3.8) is 0 Å². The number of pyridine rings is 1. The van der Waals surface area contributed by atoms with Crippen LogP contribution in [0.25, 0.3) is 0 Å². The predicted molar refractivity (Wildman–Crippen MR) is 87.0 cm³/mol. The van der Waals surface area contributed by atoms with E-state index >= 15 is 0 Å². The van der Waals surface area contributed by atoms with Crippen LogP contribution in [0.5, 0.6) is 11.5 Å². The number of nitrogens with one attached hydrogen (secondary N) is 1. The van der Waals surface area contributed by atoms with Crippen molar-refractivity contribution in [2.75, 3.05) is 31.5 Å². The SMILES string of the molecule is CCN(CC)CCNc1ccncc1Oc1ccccc1. The number of benzene rings is 1. The number of nitrogens with zero attached hydrogens (tertiary/aromatic N) is 2. The van der Waals surface area contributed by atoms with Crippen molar-refractivity contribution >= 4 is 5.69 Å². The lowest BCUT2D eigenvalue weighted by Crippen LogP contribution is -2.28. The molecule has 1 aromatic heterocycles. The number of anilines is 1. The third-order valence-corrected chi connectivity index (χ3v) is 3.39. The number of ether oxygens (including phenoxy) is 1. The van der Waals surface area contributed by atoms with E-state index in [4.69, 9.17) is 4.74 Å². The second-order valence-corrected chi connectivity index (χ2v) is 4.74. The molecule has 0 spiro atoms. The van der Waals surface area contributed by atoms with Gasteiger partial charge in [0, 0.05) is 19.3 Å². The van der Waals surface area contributed by atoms with Crippen molar-refractivity contribution in [1.82, 2.24) is 9.88 Å². The van der Waals surface area contributed by atoms with E-state index in [9.17, 15) is 0 Å². The normalized spacial score (nSPS) is 10.6. The van der Waals surface area contributed by atoms with Crippen LogP contribution in [0.1, 0.15) is 13.8 Å². The first-order valence-electron chi connectivity index (χ1n) is 7.46. The Morgan fingerprint density at radius 1 is 1.10 bits per heavy atom. The average molecular weight is 285 g/mol. The Balaban J connectivity index is 1.97. The molecule has 1 N–H and O–H groups in total. The number of hydrogen-bond donors (Lipinski definition) is 1. The van der Waals surface area contributed by atoms with Crippen LogP contribution in [-0.4, -0.2) is 36.1 Å². The zero-order chi connectivity index (χ0) is 14.9. The van der Waals surface area contributed by atoms with Crippen LogP contribution in [0.3, 0.4) is 0 Å². The summed E-state index contributed by atoms with van der Waals surface area (Å²) in [6, 6.07) is 11.7. The summed E-state index contributed by atoms with van der Waals surface area (Å²) in [5.74, 6) is 1.57. The maximum absolute atomic E-state index is 5.88. The highest BCUT2D eigenvalue weighted by Gasteiger charge is 2.05. The van der Waals surface area contributed by atoms with Crippen molar-refractivity contribution in [1.29, 1.82) is 0 Å². The van der Waals surface area contributed by atoms with Crippen LogP contribution < -0.4 is 10.1 Å². The first-order valence-corrected chi connectivity index (χ1v) is 7.46. The predicted octanol–water partition coefficient (Wildman–Crippen LogP) is 3.63. The molecule has 2 aromatic rings. The maximum atomic E-state index is 5.88. The van der Waals surface area contributed by atoms with E-state index in [1.54, 1.807) is 12.4 Å². The van der Waals surface area contributed by atoms with Gasteiger partial charge in [-0.1, -0.05) is 32.0 Å². The molecule has 21 heavy (non-hydrogen) atoms. The quantitative estimate of drug-likeness (QED) is 0.803. The monoisotopic (exact) mass is 285 g/mol. The zero-order valence-corrected chi connectivity index (χ0v) is 12.7. The molecule has 0 aliphatic carbocycles. The number of likely N-dealkylation sites (N-methyl/N-ethyl adjacent to an activating group) is 1. The lowest BCUT2D eigenvalue weighted by Gasteiger charge is -2.19. The topological polar surface area (TPSA) is 37.4 Å². The van der Waals surface area contributed by atoms with Crippen molar-refractivity contribution < 1.29 is 4.74 Å². The number of rotatable bonds is 8. The molecular weight excluding hydrogens is 262 g/mol. The standard InChI is InChI=1S/C17H23N3O/c1-3-20(4-2)13-12-19-16-10-11-18-14-17(16)21-15-8-6-5-7-9-15/h5-11,14H,3-4,12-13H2,1-2H3,(H,18,19). The highest BCUT2D eigenvalue weighted by Crippen LogP contribution is 2.27. The highest BCUT2D eigenvalue weighted by molar-refractivity contribution is 5.55. The molecule has 0 atom stereocenters. The first-order chi connectivity index (χ1) is 10.3.